The summed E-state index contributed by atoms with van der Waals surface area (Å²) in [5.74, 6) is -0.362. The first-order valence-corrected chi connectivity index (χ1v) is 8.82. The van der Waals surface area contributed by atoms with Crippen LogP contribution in [0, 0.1) is 0 Å². The SMILES string of the molecule is CNC(=O)[C@@H]1C[C@H](N)CN1S(=O)(=O)c1ccc2c(c1)NC(=O)CO2. The standard InChI is InChI=1S/C14H18N4O5S/c1-16-14(20)11-4-8(15)6-18(11)24(21,22)9-2-3-12-10(5-9)17-13(19)7-23-12/h2-3,5,8,11H,4,6-7,15H2,1H3,(H,16,20)(H,17,19)/t8-,11-/m0/s1. The summed E-state index contributed by atoms with van der Waals surface area (Å²) in [5.41, 5.74) is 6.13. The highest BCUT2D eigenvalue weighted by Crippen LogP contribution is 2.33. The predicted molar refractivity (Wildman–Crippen MR) is 84.9 cm³/mol. The molecular formula is C14H18N4O5S. The Labute approximate surface area is 139 Å². The van der Waals surface area contributed by atoms with E-state index in [9.17, 15) is 18.0 Å². The number of hydrogen-bond donors (Lipinski definition) is 3. The van der Waals surface area contributed by atoms with Crippen molar-refractivity contribution in [3.05, 3.63) is 18.2 Å². The zero-order valence-corrected chi connectivity index (χ0v) is 13.8. The van der Waals surface area contributed by atoms with Crippen LogP contribution in [-0.4, -0.2) is 56.8 Å². The average molecular weight is 354 g/mol. The van der Waals surface area contributed by atoms with Crippen LogP contribution in [0.25, 0.3) is 0 Å². The Balaban J connectivity index is 1.97. The molecule has 1 fully saturated rings. The number of carbonyl (C=O) groups is 2. The normalized spacial score (nSPS) is 24.0. The Hall–Kier alpha value is -2.17. The van der Waals surface area contributed by atoms with Crippen LogP contribution >= 0.6 is 0 Å². The molecule has 130 valence electrons. The van der Waals surface area contributed by atoms with Crippen molar-refractivity contribution >= 4 is 27.5 Å². The highest BCUT2D eigenvalue weighted by atomic mass is 32.2. The van der Waals surface area contributed by atoms with Gasteiger partial charge in [0.1, 0.15) is 11.8 Å². The lowest BCUT2D eigenvalue weighted by atomic mass is 10.2. The van der Waals surface area contributed by atoms with Crippen LogP contribution in [0.4, 0.5) is 5.69 Å². The van der Waals surface area contributed by atoms with Gasteiger partial charge < -0.3 is 21.1 Å². The van der Waals surface area contributed by atoms with E-state index in [2.05, 4.69) is 10.6 Å². The second kappa shape index (κ2) is 6.04. The van der Waals surface area contributed by atoms with Gasteiger partial charge in [0.25, 0.3) is 5.91 Å². The van der Waals surface area contributed by atoms with Gasteiger partial charge in [-0.15, -0.1) is 0 Å². The van der Waals surface area contributed by atoms with Crippen LogP contribution in [-0.2, 0) is 19.6 Å². The smallest absolute Gasteiger partial charge is 0.262 e. The first kappa shape index (κ1) is 16.7. The van der Waals surface area contributed by atoms with Crippen molar-refractivity contribution in [3.8, 4) is 5.75 Å². The molecule has 2 aliphatic heterocycles. The Morgan fingerprint density at radius 2 is 2.21 bits per heavy atom. The molecule has 4 N–H and O–H groups in total. The summed E-state index contributed by atoms with van der Waals surface area (Å²) in [6.45, 7) is -0.0564. The van der Waals surface area contributed by atoms with Crippen molar-refractivity contribution in [2.45, 2.75) is 23.4 Å². The minimum atomic E-state index is -3.94. The van der Waals surface area contributed by atoms with Gasteiger partial charge in [0.15, 0.2) is 6.61 Å². The lowest BCUT2D eigenvalue weighted by molar-refractivity contribution is -0.123. The van der Waals surface area contributed by atoms with Gasteiger partial charge in [0, 0.05) is 19.6 Å². The minimum absolute atomic E-state index is 0.0324. The maximum absolute atomic E-state index is 12.9. The fourth-order valence-electron chi connectivity index (χ4n) is 2.87. The third-order valence-electron chi connectivity index (χ3n) is 4.03. The molecule has 1 aromatic carbocycles. The number of likely N-dealkylation sites (N-methyl/N-ethyl adjacent to an activating group) is 1. The second-order valence-electron chi connectivity index (χ2n) is 5.70. The summed E-state index contributed by atoms with van der Waals surface area (Å²) >= 11 is 0. The molecule has 0 spiro atoms. The minimum Gasteiger partial charge on any atom is -0.482 e. The number of amides is 2. The van der Waals surface area contributed by atoms with E-state index in [1.165, 1.54) is 25.2 Å². The third kappa shape index (κ3) is 2.83. The number of carbonyl (C=O) groups excluding carboxylic acids is 2. The monoisotopic (exact) mass is 354 g/mol. The zero-order chi connectivity index (χ0) is 17.5. The second-order valence-corrected chi connectivity index (χ2v) is 7.59. The molecule has 24 heavy (non-hydrogen) atoms. The summed E-state index contributed by atoms with van der Waals surface area (Å²) in [6, 6.07) is 2.93. The number of nitrogens with one attached hydrogen (secondary N) is 2. The number of hydrogen-bond acceptors (Lipinski definition) is 6. The van der Waals surface area contributed by atoms with Crippen LogP contribution in [0.2, 0.25) is 0 Å². The van der Waals surface area contributed by atoms with E-state index in [4.69, 9.17) is 10.5 Å². The molecule has 3 rings (SSSR count). The molecule has 2 amide bonds. The Morgan fingerprint density at radius 1 is 1.46 bits per heavy atom. The lowest BCUT2D eigenvalue weighted by Gasteiger charge is -2.24. The highest BCUT2D eigenvalue weighted by Gasteiger charge is 2.42. The van der Waals surface area contributed by atoms with Gasteiger partial charge in [0.2, 0.25) is 15.9 Å². The Bertz CT molecular complexity index is 794. The lowest BCUT2D eigenvalue weighted by Crippen LogP contribution is -2.44. The number of sulfonamides is 1. The van der Waals surface area contributed by atoms with Gasteiger partial charge >= 0.3 is 0 Å². The molecule has 0 bridgehead atoms. The number of rotatable bonds is 3. The van der Waals surface area contributed by atoms with Crippen LogP contribution < -0.4 is 21.1 Å². The molecule has 0 aliphatic carbocycles. The zero-order valence-electron chi connectivity index (χ0n) is 13.0. The average Bonchev–Trinajstić information content (AvgIpc) is 2.96. The van der Waals surface area contributed by atoms with Crippen molar-refractivity contribution in [1.82, 2.24) is 9.62 Å². The largest absolute Gasteiger partial charge is 0.482 e. The number of nitrogens with two attached hydrogens (primary N) is 1. The fourth-order valence-corrected chi connectivity index (χ4v) is 4.55. The molecular weight excluding hydrogens is 336 g/mol. The van der Waals surface area contributed by atoms with Gasteiger partial charge in [-0.1, -0.05) is 0 Å². The number of fused-ring (bicyclic) bond motifs is 1. The van der Waals surface area contributed by atoms with Crippen molar-refractivity contribution < 1.29 is 22.7 Å². The van der Waals surface area contributed by atoms with Crippen molar-refractivity contribution in [3.63, 3.8) is 0 Å². The predicted octanol–water partition coefficient (Wildman–Crippen LogP) is -1.15. The van der Waals surface area contributed by atoms with E-state index in [1.54, 1.807) is 0 Å². The molecule has 0 aromatic heterocycles. The van der Waals surface area contributed by atoms with Crippen LogP contribution in [0.1, 0.15) is 6.42 Å². The van der Waals surface area contributed by atoms with Gasteiger partial charge in [-0.3, -0.25) is 9.59 Å². The molecule has 0 saturated carbocycles. The van der Waals surface area contributed by atoms with Crippen LogP contribution in [0.15, 0.2) is 23.1 Å². The molecule has 2 heterocycles. The van der Waals surface area contributed by atoms with Gasteiger partial charge in [-0.25, -0.2) is 8.42 Å². The molecule has 9 nitrogen and oxygen atoms in total. The molecule has 1 aromatic rings. The summed E-state index contributed by atoms with van der Waals surface area (Å²) in [4.78, 5) is 23.3. The van der Waals surface area contributed by atoms with E-state index in [0.29, 0.717) is 5.75 Å². The van der Waals surface area contributed by atoms with Gasteiger partial charge in [-0.2, -0.15) is 4.31 Å². The van der Waals surface area contributed by atoms with Crippen LogP contribution in [0.3, 0.4) is 0 Å². The van der Waals surface area contributed by atoms with Gasteiger partial charge in [0.05, 0.1) is 10.6 Å². The van der Waals surface area contributed by atoms with Crippen molar-refractivity contribution in [2.24, 2.45) is 5.73 Å². The number of anilines is 1. The maximum atomic E-state index is 12.9. The quantitative estimate of drug-likeness (QED) is 0.628. The van der Waals surface area contributed by atoms with Crippen molar-refractivity contribution in [2.75, 3.05) is 25.5 Å². The van der Waals surface area contributed by atoms with E-state index >= 15 is 0 Å². The first-order valence-electron chi connectivity index (χ1n) is 7.38. The van der Waals surface area contributed by atoms with Gasteiger partial charge in [-0.05, 0) is 24.6 Å². The number of benzene rings is 1. The summed E-state index contributed by atoms with van der Waals surface area (Å²) < 4.78 is 32.1. The topological polar surface area (TPSA) is 131 Å². The highest BCUT2D eigenvalue weighted by molar-refractivity contribution is 7.89. The van der Waals surface area contributed by atoms with E-state index in [0.717, 1.165) is 4.31 Å². The third-order valence-corrected chi connectivity index (χ3v) is 5.90. The summed E-state index contributed by atoms with van der Waals surface area (Å²) in [7, 11) is -2.49. The number of nitrogens with zero attached hydrogens (tertiary/aromatic N) is 1. The molecule has 2 atom stereocenters. The molecule has 1 saturated heterocycles. The maximum Gasteiger partial charge on any atom is 0.262 e. The first-order chi connectivity index (χ1) is 11.3. The summed E-state index contributed by atoms with van der Waals surface area (Å²) in [5, 5.41) is 5.03. The molecule has 0 radical (unpaired) electrons. The molecule has 2 aliphatic rings. The molecule has 10 heteroatoms. The fraction of sp³-hybridized carbons (Fsp3) is 0.429. The van der Waals surface area contributed by atoms with Crippen LogP contribution in [0.5, 0.6) is 5.75 Å². The van der Waals surface area contributed by atoms with E-state index < -0.39 is 28.0 Å². The van der Waals surface area contributed by atoms with E-state index in [1.807, 2.05) is 0 Å². The van der Waals surface area contributed by atoms with E-state index in [-0.39, 0.29) is 36.1 Å². The Kier molecular flexibility index (Phi) is 4.20. The van der Waals surface area contributed by atoms with Crippen molar-refractivity contribution in [1.29, 1.82) is 0 Å². The summed E-state index contributed by atoms with van der Waals surface area (Å²) in [6.07, 6.45) is 0.254. The molecule has 0 unspecified atom stereocenters. The Morgan fingerprint density at radius 3 is 2.92 bits per heavy atom. The number of ether oxygens (including phenoxy) is 1.